The molecular weight excluding hydrogens is 242 g/mol. The van der Waals surface area contributed by atoms with Crippen LogP contribution in [0.5, 0.6) is 0 Å². The maximum atomic E-state index is 11.6. The van der Waals surface area contributed by atoms with Gasteiger partial charge in [-0.1, -0.05) is 13.0 Å². The summed E-state index contributed by atoms with van der Waals surface area (Å²) in [5, 5.41) is 0. The Morgan fingerprint density at radius 1 is 1.44 bits per heavy atom. The highest BCUT2D eigenvalue weighted by Crippen LogP contribution is 2.28. The van der Waals surface area contributed by atoms with Crippen molar-refractivity contribution in [3.05, 3.63) is 23.8 Å². The fourth-order valence-corrected chi connectivity index (χ4v) is 3.38. The van der Waals surface area contributed by atoms with Crippen LogP contribution >= 0.6 is 11.8 Å². The van der Waals surface area contributed by atoms with Crippen LogP contribution in [0.4, 0.5) is 0 Å². The van der Waals surface area contributed by atoms with Gasteiger partial charge >= 0.3 is 0 Å². The van der Waals surface area contributed by atoms with Crippen LogP contribution in [0, 0.1) is 0 Å². The average molecular weight is 259 g/mol. The minimum absolute atomic E-state index is 0.177. The summed E-state index contributed by atoms with van der Waals surface area (Å²) in [5.41, 5.74) is 6.55. The van der Waals surface area contributed by atoms with E-state index >= 15 is 0 Å². The predicted molar refractivity (Wildman–Crippen MR) is 68.8 cm³/mol. The van der Waals surface area contributed by atoms with Crippen LogP contribution in [0.25, 0.3) is 0 Å². The first-order chi connectivity index (χ1) is 7.40. The van der Waals surface area contributed by atoms with Crippen molar-refractivity contribution in [3.8, 4) is 0 Å². The standard InChI is InChI=1S/C11H17NO2S2/c1-8(7-12)9-4-5-10(15-2)11(6-9)16(3,13)14/h4-6,8H,7,12H2,1-3H3. The summed E-state index contributed by atoms with van der Waals surface area (Å²) in [4.78, 5) is 1.19. The minimum atomic E-state index is -3.17. The third-order valence-corrected chi connectivity index (χ3v) is 4.57. The van der Waals surface area contributed by atoms with E-state index in [1.807, 2.05) is 25.3 Å². The Kier molecular flexibility index (Phi) is 4.41. The van der Waals surface area contributed by atoms with E-state index in [4.69, 9.17) is 5.73 Å². The molecule has 0 amide bonds. The van der Waals surface area contributed by atoms with Crippen LogP contribution in [0.1, 0.15) is 18.4 Å². The molecular formula is C11H17NO2S2. The van der Waals surface area contributed by atoms with Gasteiger partial charge in [0.1, 0.15) is 0 Å². The van der Waals surface area contributed by atoms with Gasteiger partial charge in [-0.05, 0) is 36.4 Å². The van der Waals surface area contributed by atoms with Crippen LogP contribution in [0.15, 0.2) is 28.0 Å². The summed E-state index contributed by atoms with van der Waals surface area (Å²) in [6.07, 6.45) is 3.11. The molecule has 1 aromatic rings. The van der Waals surface area contributed by atoms with Gasteiger partial charge in [0, 0.05) is 11.2 Å². The Hall–Kier alpha value is -0.520. The van der Waals surface area contributed by atoms with Crippen LogP contribution < -0.4 is 5.73 Å². The fourth-order valence-electron chi connectivity index (χ4n) is 1.43. The second kappa shape index (κ2) is 5.21. The van der Waals surface area contributed by atoms with Crippen molar-refractivity contribution in [2.75, 3.05) is 19.1 Å². The maximum Gasteiger partial charge on any atom is 0.176 e. The molecule has 0 spiro atoms. The lowest BCUT2D eigenvalue weighted by Crippen LogP contribution is -2.10. The van der Waals surface area contributed by atoms with Gasteiger partial charge in [0.25, 0.3) is 0 Å². The van der Waals surface area contributed by atoms with Crippen molar-refractivity contribution in [3.63, 3.8) is 0 Å². The summed E-state index contributed by atoms with van der Waals surface area (Å²) in [6, 6.07) is 5.53. The van der Waals surface area contributed by atoms with E-state index in [0.717, 1.165) is 10.5 Å². The fraction of sp³-hybridized carbons (Fsp3) is 0.455. The Morgan fingerprint density at radius 2 is 2.06 bits per heavy atom. The minimum Gasteiger partial charge on any atom is -0.330 e. The molecule has 0 aliphatic carbocycles. The maximum absolute atomic E-state index is 11.6. The molecule has 1 aromatic carbocycles. The second-order valence-corrected chi connectivity index (χ2v) is 6.65. The summed E-state index contributed by atoms with van der Waals surface area (Å²) in [7, 11) is -3.17. The van der Waals surface area contributed by atoms with Gasteiger partial charge in [0.2, 0.25) is 0 Å². The van der Waals surface area contributed by atoms with Crippen molar-refractivity contribution in [1.29, 1.82) is 0 Å². The van der Waals surface area contributed by atoms with E-state index < -0.39 is 9.84 Å². The highest BCUT2D eigenvalue weighted by molar-refractivity contribution is 7.99. The molecule has 1 rings (SSSR count). The Balaban J connectivity index is 3.33. The SMILES string of the molecule is CSc1ccc(C(C)CN)cc1S(C)(=O)=O. The molecule has 90 valence electrons. The summed E-state index contributed by atoms with van der Waals surface area (Å²) in [5.74, 6) is 0.177. The van der Waals surface area contributed by atoms with E-state index in [-0.39, 0.29) is 5.92 Å². The van der Waals surface area contributed by atoms with Crippen LogP contribution in [0.3, 0.4) is 0 Å². The molecule has 0 saturated heterocycles. The number of nitrogens with two attached hydrogens (primary N) is 1. The van der Waals surface area contributed by atoms with E-state index in [2.05, 4.69) is 0 Å². The van der Waals surface area contributed by atoms with Crippen molar-refractivity contribution in [2.24, 2.45) is 5.73 Å². The smallest absolute Gasteiger partial charge is 0.176 e. The topological polar surface area (TPSA) is 60.2 Å². The first-order valence-corrected chi connectivity index (χ1v) is 8.09. The molecule has 2 N–H and O–H groups in total. The molecule has 0 heterocycles. The zero-order chi connectivity index (χ0) is 12.3. The van der Waals surface area contributed by atoms with Gasteiger partial charge in [-0.3, -0.25) is 0 Å². The third kappa shape index (κ3) is 2.99. The van der Waals surface area contributed by atoms with E-state index in [1.165, 1.54) is 18.0 Å². The molecule has 1 atom stereocenters. The molecule has 0 aliphatic heterocycles. The van der Waals surface area contributed by atoms with Gasteiger partial charge < -0.3 is 5.73 Å². The van der Waals surface area contributed by atoms with E-state index in [9.17, 15) is 8.42 Å². The number of thioether (sulfide) groups is 1. The normalized spacial score (nSPS) is 13.8. The summed E-state index contributed by atoms with van der Waals surface area (Å²) < 4.78 is 23.3. The second-order valence-electron chi connectivity index (χ2n) is 3.82. The Labute approximate surface area is 101 Å². The zero-order valence-corrected chi connectivity index (χ0v) is 11.4. The molecule has 0 fully saturated rings. The van der Waals surface area contributed by atoms with Crippen LogP contribution in [-0.4, -0.2) is 27.5 Å². The first-order valence-electron chi connectivity index (χ1n) is 4.98. The Bertz CT molecular complexity index is 469. The van der Waals surface area contributed by atoms with E-state index in [0.29, 0.717) is 11.4 Å². The highest BCUT2D eigenvalue weighted by Gasteiger charge is 2.15. The third-order valence-electron chi connectivity index (χ3n) is 2.51. The van der Waals surface area contributed by atoms with Gasteiger partial charge in [-0.15, -0.1) is 11.8 Å². The zero-order valence-electron chi connectivity index (χ0n) is 9.73. The molecule has 16 heavy (non-hydrogen) atoms. The lowest BCUT2D eigenvalue weighted by molar-refractivity contribution is 0.599. The molecule has 0 aromatic heterocycles. The Morgan fingerprint density at radius 3 is 2.50 bits per heavy atom. The molecule has 1 unspecified atom stereocenters. The van der Waals surface area contributed by atoms with Gasteiger partial charge in [-0.25, -0.2) is 8.42 Å². The molecule has 3 nitrogen and oxygen atoms in total. The highest BCUT2D eigenvalue weighted by atomic mass is 32.2. The largest absolute Gasteiger partial charge is 0.330 e. The summed E-state index contributed by atoms with van der Waals surface area (Å²) in [6.45, 7) is 2.50. The number of benzene rings is 1. The lowest BCUT2D eigenvalue weighted by atomic mass is 10.0. The lowest BCUT2D eigenvalue weighted by Gasteiger charge is -2.12. The summed E-state index contributed by atoms with van der Waals surface area (Å²) >= 11 is 1.44. The van der Waals surface area contributed by atoms with Crippen molar-refractivity contribution < 1.29 is 8.42 Å². The quantitative estimate of drug-likeness (QED) is 0.839. The number of rotatable bonds is 4. The van der Waals surface area contributed by atoms with Gasteiger partial charge in [0.15, 0.2) is 9.84 Å². The predicted octanol–water partition coefficient (Wildman–Crippen LogP) is 1.87. The van der Waals surface area contributed by atoms with Crippen LogP contribution in [0.2, 0.25) is 0 Å². The van der Waals surface area contributed by atoms with Crippen molar-refractivity contribution >= 4 is 21.6 Å². The molecule has 0 bridgehead atoms. The molecule has 5 heteroatoms. The molecule has 0 aliphatic rings. The molecule has 0 saturated carbocycles. The van der Waals surface area contributed by atoms with Gasteiger partial charge in [-0.2, -0.15) is 0 Å². The van der Waals surface area contributed by atoms with E-state index in [1.54, 1.807) is 6.07 Å². The van der Waals surface area contributed by atoms with Gasteiger partial charge in [0.05, 0.1) is 4.90 Å². The average Bonchev–Trinajstić information content (AvgIpc) is 2.26. The van der Waals surface area contributed by atoms with Crippen molar-refractivity contribution in [2.45, 2.75) is 22.6 Å². The monoisotopic (exact) mass is 259 g/mol. The van der Waals surface area contributed by atoms with Crippen molar-refractivity contribution in [1.82, 2.24) is 0 Å². The number of hydrogen-bond acceptors (Lipinski definition) is 4. The number of hydrogen-bond donors (Lipinski definition) is 1. The number of sulfone groups is 1. The first kappa shape index (κ1) is 13.5. The molecule has 0 radical (unpaired) electrons. The van der Waals surface area contributed by atoms with Crippen LogP contribution in [-0.2, 0) is 9.84 Å².